The molecular formula is C24H30N2O. The van der Waals surface area contributed by atoms with Crippen LogP contribution in [0.3, 0.4) is 0 Å². The Hall–Kier alpha value is -2.13. The zero-order valence-corrected chi connectivity index (χ0v) is 16.4. The van der Waals surface area contributed by atoms with Crippen molar-refractivity contribution in [3.05, 3.63) is 71.8 Å². The van der Waals surface area contributed by atoms with E-state index in [4.69, 9.17) is 9.73 Å². The van der Waals surface area contributed by atoms with Crippen molar-refractivity contribution >= 4 is 5.84 Å². The lowest BCUT2D eigenvalue weighted by molar-refractivity contribution is 0.0501. The summed E-state index contributed by atoms with van der Waals surface area (Å²) in [5, 5.41) is 3.70. The Morgan fingerprint density at radius 2 is 1.67 bits per heavy atom. The van der Waals surface area contributed by atoms with Crippen LogP contribution in [0.4, 0.5) is 0 Å². The molecule has 4 rings (SSSR count). The minimum absolute atomic E-state index is 0.0430. The topological polar surface area (TPSA) is 33.6 Å². The molecule has 1 saturated carbocycles. The molecule has 0 amide bonds. The first-order valence-electron chi connectivity index (χ1n) is 10.2. The number of nitrogens with zero attached hydrogens (tertiary/aromatic N) is 1. The van der Waals surface area contributed by atoms with E-state index in [-0.39, 0.29) is 11.6 Å². The minimum Gasteiger partial charge on any atom is -0.370 e. The van der Waals surface area contributed by atoms with E-state index in [1.165, 1.54) is 36.8 Å². The first kappa shape index (κ1) is 18.2. The van der Waals surface area contributed by atoms with E-state index in [0.717, 1.165) is 5.84 Å². The van der Waals surface area contributed by atoms with Crippen LogP contribution in [0.15, 0.2) is 65.7 Å². The SMILES string of the molecule is CC(OCC1=N[C@H](c2ccccc2)[C@](C)(c2ccccc2)N1)C1CCCC1. The Labute approximate surface area is 162 Å². The summed E-state index contributed by atoms with van der Waals surface area (Å²) in [7, 11) is 0. The van der Waals surface area contributed by atoms with Crippen molar-refractivity contribution in [3.63, 3.8) is 0 Å². The van der Waals surface area contributed by atoms with Gasteiger partial charge in [0.2, 0.25) is 0 Å². The average Bonchev–Trinajstić information content (AvgIpc) is 3.36. The van der Waals surface area contributed by atoms with Crippen molar-refractivity contribution in [1.29, 1.82) is 0 Å². The molecule has 1 N–H and O–H groups in total. The molecule has 1 unspecified atom stereocenters. The molecule has 1 aliphatic heterocycles. The summed E-state index contributed by atoms with van der Waals surface area (Å²) in [6.07, 6.45) is 5.60. The molecule has 1 fully saturated rings. The number of rotatable bonds is 6. The molecule has 0 radical (unpaired) electrons. The van der Waals surface area contributed by atoms with Crippen LogP contribution < -0.4 is 5.32 Å². The molecule has 0 bridgehead atoms. The van der Waals surface area contributed by atoms with Gasteiger partial charge in [0.25, 0.3) is 0 Å². The summed E-state index contributed by atoms with van der Waals surface area (Å²) >= 11 is 0. The van der Waals surface area contributed by atoms with E-state index < -0.39 is 0 Å². The van der Waals surface area contributed by atoms with Crippen molar-refractivity contribution < 1.29 is 4.74 Å². The summed E-state index contributed by atoms with van der Waals surface area (Å²) in [6.45, 7) is 5.02. The highest BCUT2D eigenvalue weighted by Gasteiger charge is 2.42. The Morgan fingerprint density at radius 1 is 1.04 bits per heavy atom. The van der Waals surface area contributed by atoms with Gasteiger partial charge in [-0.05, 0) is 43.7 Å². The zero-order valence-electron chi connectivity index (χ0n) is 16.4. The predicted molar refractivity (Wildman–Crippen MR) is 111 cm³/mol. The lowest BCUT2D eigenvalue weighted by atomic mass is 9.82. The number of amidine groups is 1. The lowest BCUT2D eigenvalue weighted by Gasteiger charge is -2.32. The van der Waals surface area contributed by atoms with Crippen LogP contribution in [0, 0.1) is 5.92 Å². The summed E-state index contributed by atoms with van der Waals surface area (Å²) in [4.78, 5) is 5.07. The van der Waals surface area contributed by atoms with Gasteiger partial charge in [0.1, 0.15) is 18.5 Å². The van der Waals surface area contributed by atoms with Gasteiger partial charge in [0.05, 0.1) is 11.6 Å². The summed E-state index contributed by atoms with van der Waals surface area (Å²) < 4.78 is 6.23. The molecular weight excluding hydrogens is 332 g/mol. The van der Waals surface area contributed by atoms with Crippen molar-refractivity contribution in [3.8, 4) is 0 Å². The average molecular weight is 363 g/mol. The van der Waals surface area contributed by atoms with Gasteiger partial charge in [-0.25, -0.2) is 0 Å². The van der Waals surface area contributed by atoms with E-state index in [2.05, 4.69) is 79.8 Å². The predicted octanol–water partition coefficient (Wildman–Crippen LogP) is 5.24. The lowest BCUT2D eigenvalue weighted by Crippen LogP contribution is -2.43. The van der Waals surface area contributed by atoms with Gasteiger partial charge in [0.15, 0.2) is 0 Å². The standard InChI is InChI=1S/C24H30N2O/c1-18(19-11-9-10-12-19)27-17-22-25-23(20-13-5-3-6-14-20)24(2,26-22)21-15-7-4-8-16-21/h3-8,13-16,18-19,23H,9-12,17H2,1-2H3,(H,25,26)/t18?,23-,24+/m1/s1. The maximum atomic E-state index is 6.23. The summed E-state index contributed by atoms with van der Waals surface area (Å²) in [5.41, 5.74) is 2.22. The summed E-state index contributed by atoms with van der Waals surface area (Å²) in [5.74, 6) is 1.66. The van der Waals surface area contributed by atoms with Crippen LogP contribution in [-0.2, 0) is 10.3 Å². The van der Waals surface area contributed by atoms with Gasteiger partial charge in [-0.3, -0.25) is 4.99 Å². The van der Waals surface area contributed by atoms with Crippen molar-refractivity contribution in [2.24, 2.45) is 10.9 Å². The number of aliphatic imine (C=N–C) groups is 1. The molecule has 2 aromatic rings. The third-order valence-corrected chi connectivity index (χ3v) is 6.27. The van der Waals surface area contributed by atoms with E-state index in [1.54, 1.807) is 0 Å². The third-order valence-electron chi connectivity index (χ3n) is 6.27. The molecule has 3 heteroatoms. The summed E-state index contributed by atoms with van der Waals surface area (Å²) in [6, 6.07) is 21.2. The van der Waals surface area contributed by atoms with Gasteiger partial charge in [-0.1, -0.05) is 73.5 Å². The molecule has 0 aromatic heterocycles. The normalized spacial score (nSPS) is 26.6. The molecule has 27 heavy (non-hydrogen) atoms. The monoisotopic (exact) mass is 362 g/mol. The third kappa shape index (κ3) is 3.79. The fourth-order valence-electron chi connectivity index (χ4n) is 4.59. The number of hydrogen-bond donors (Lipinski definition) is 1. The first-order valence-corrected chi connectivity index (χ1v) is 10.2. The molecule has 2 aromatic carbocycles. The number of benzene rings is 2. The van der Waals surface area contributed by atoms with Crippen LogP contribution in [0.1, 0.15) is 56.7 Å². The van der Waals surface area contributed by atoms with E-state index in [1.807, 2.05) is 0 Å². The molecule has 3 nitrogen and oxygen atoms in total. The molecule has 0 saturated heterocycles. The van der Waals surface area contributed by atoms with Gasteiger partial charge >= 0.3 is 0 Å². The minimum atomic E-state index is -0.266. The fourth-order valence-corrected chi connectivity index (χ4v) is 4.59. The molecule has 2 aliphatic rings. The largest absolute Gasteiger partial charge is 0.370 e. The van der Waals surface area contributed by atoms with Crippen LogP contribution in [-0.4, -0.2) is 18.5 Å². The van der Waals surface area contributed by atoms with Crippen molar-refractivity contribution in [2.45, 2.75) is 57.2 Å². The Kier molecular flexibility index (Phi) is 5.31. The molecule has 1 aliphatic carbocycles. The van der Waals surface area contributed by atoms with Gasteiger partial charge in [-0.15, -0.1) is 0 Å². The molecule has 1 heterocycles. The quantitative estimate of drug-likeness (QED) is 0.762. The fraction of sp³-hybridized carbons (Fsp3) is 0.458. The van der Waals surface area contributed by atoms with Gasteiger partial charge in [-0.2, -0.15) is 0 Å². The molecule has 142 valence electrons. The highest BCUT2D eigenvalue weighted by atomic mass is 16.5. The Balaban J connectivity index is 1.55. The zero-order chi connectivity index (χ0) is 18.7. The number of nitrogens with one attached hydrogen (secondary N) is 1. The van der Waals surface area contributed by atoms with Crippen molar-refractivity contribution in [2.75, 3.05) is 6.61 Å². The van der Waals surface area contributed by atoms with E-state index in [0.29, 0.717) is 18.6 Å². The Morgan fingerprint density at radius 3 is 2.33 bits per heavy atom. The first-order chi connectivity index (χ1) is 13.2. The second-order valence-corrected chi connectivity index (χ2v) is 8.14. The maximum Gasteiger partial charge on any atom is 0.124 e. The molecule has 0 spiro atoms. The second kappa shape index (κ2) is 7.85. The highest BCUT2D eigenvalue weighted by Crippen LogP contribution is 2.41. The smallest absolute Gasteiger partial charge is 0.124 e. The van der Waals surface area contributed by atoms with E-state index in [9.17, 15) is 0 Å². The van der Waals surface area contributed by atoms with Crippen LogP contribution in [0.2, 0.25) is 0 Å². The van der Waals surface area contributed by atoms with Crippen LogP contribution in [0.25, 0.3) is 0 Å². The van der Waals surface area contributed by atoms with Crippen LogP contribution >= 0.6 is 0 Å². The highest BCUT2D eigenvalue weighted by molar-refractivity contribution is 5.87. The van der Waals surface area contributed by atoms with Gasteiger partial charge in [0, 0.05) is 0 Å². The Bertz CT molecular complexity index is 767. The number of hydrogen-bond acceptors (Lipinski definition) is 3. The maximum absolute atomic E-state index is 6.23. The van der Waals surface area contributed by atoms with Crippen molar-refractivity contribution in [1.82, 2.24) is 5.32 Å². The number of ether oxygens (including phenoxy) is 1. The molecule has 3 atom stereocenters. The van der Waals surface area contributed by atoms with Gasteiger partial charge < -0.3 is 10.1 Å². The van der Waals surface area contributed by atoms with Crippen LogP contribution in [0.5, 0.6) is 0 Å². The van der Waals surface area contributed by atoms with E-state index >= 15 is 0 Å². The second-order valence-electron chi connectivity index (χ2n) is 8.14.